The molecule has 3 rings (SSSR count). The molecular formula is C17H10BrCl2N5O3. The van der Waals surface area contributed by atoms with Crippen molar-refractivity contribution < 1.29 is 14.3 Å². The van der Waals surface area contributed by atoms with E-state index in [9.17, 15) is 9.59 Å². The van der Waals surface area contributed by atoms with Gasteiger partial charge in [-0.1, -0.05) is 23.2 Å². The first-order valence-electron chi connectivity index (χ1n) is 7.60. The highest BCUT2D eigenvalue weighted by atomic mass is 79.9. The standard InChI is InChI=1S/C17H10BrCl2N5O3/c18-9-7-22-17(23-8-9)28-13-4-3-10(6-12(13)19)24-16(27)25-15(26)11-2-1-5-21-14(11)20/h1-8H,(H2,24,25,26,27). The van der Waals surface area contributed by atoms with Crippen LogP contribution in [-0.2, 0) is 0 Å². The Labute approximate surface area is 177 Å². The van der Waals surface area contributed by atoms with Gasteiger partial charge in [-0.2, -0.15) is 0 Å². The summed E-state index contributed by atoms with van der Waals surface area (Å²) in [6.45, 7) is 0. The van der Waals surface area contributed by atoms with Gasteiger partial charge in [0.1, 0.15) is 10.9 Å². The lowest BCUT2D eigenvalue weighted by molar-refractivity contribution is 0.0967. The number of hydrogen-bond donors (Lipinski definition) is 2. The van der Waals surface area contributed by atoms with Gasteiger partial charge < -0.3 is 10.1 Å². The quantitative estimate of drug-likeness (QED) is 0.522. The van der Waals surface area contributed by atoms with E-state index in [0.717, 1.165) is 0 Å². The molecule has 3 aromatic rings. The minimum atomic E-state index is -0.758. The summed E-state index contributed by atoms with van der Waals surface area (Å²) in [5, 5.41) is 4.85. The average Bonchev–Trinajstić information content (AvgIpc) is 2.66. The van der Waals surface area contributed by atoms with E-state index in [1.807, 2.05) is 0 Å². The molecule has 0 radical (unpaired) electrons. The second kappa shape index (κ2) is 8.96. The normalized spacial score (nSPS) is 10.2. The first-order valence-corrected chi connectivity index (χ1v) is 9.15. The molecule has 28 heavy (non-hydrogen) atoms. The topological polar surface area (TPSA) is 106 Å². The molecule has 2 heterocycles. The van der Waals surface area contributed by atoms with Gasteiger partial charge in [0.25, 0.3) is 5.91 Å². The summed E-state index contributed by atoms with van der Waals surface area (Å²) in [4.78, 5) is 35.8. The highest BCUT2D eigenvalue weighted by Crippen LogP contribution is 2.30. The molecule has 0 saturated heterocycles. The van der Waals surface area contributed by atoms with E-state index in [2.05, 4.69) is 41.5 Å². The van der Waals surface area contributed by atoms with Crippen LogP contribution in [0.15, 0.2) is 53.4 Å². The third kappa shape index (κ3) is 5.16. The van der Waals surface area contributed by atoms with E-state index in [-0.39, 0.29) is 21.7 Å². The first kappa shape index (κ1) is 20.0. The van der Waals surface area contributed by atoms with Crippen molar-refractivity contribution in [1.82, 2.24) is 20.3 Å². The van der Waals surface area contributed by atoms with Crippen molar-refractivity contribution in [3.8, 4) is 11.8 Å². The van der Waals surface area contributed by atoms with Crippen molar-refractivity contribution >= 4 is 56.8 Å². The molecule has 0 aliphatic carbocycles. The van der Waals surface area contributed by atoms with E-state index in [0.29, 0.717) is 15.9 Å². The molecular weight excluding hydrogens is 473 g/mol. The van der Waals surface area contributed by atoms with Crippen molar-refractivity contribution in [1.29, 1.82) is 0 Å². The second-order valence-corrected chi connectivity index (χ2v) is 6.86. The first-order chi connectivity index (χ1) is 13.4. The van der Waals surface area contributed by atoms with Gasteiger partial charge >= 0.3 is 12.0 Å². The minimum absolute atomic E-state index is 0.00694. The maximum Gasteiger partial charge on any atom is 0.326 e. The average molecular weight is 483 g/mol. The van der Waals surface area contributed by atoms with Gasteiger partial charge in [0.15, 0.2) is 0 Å². The predicted octanol–water partition coefficient (Wildman–Crippen LogP) is 4.70. The summed E-state index contributed by atoms with van der Waals surface area (Å²) in [6, 6.07) is 6.87. The minimum Gasteiger partial charge on any atom is -0.423 e. The van der Waals surface area contributed by atoms with Gasteiger partial charge in [0, 0.05) is 24.3 Å². The van der Waals surface area contributed by atoms with Gasteiger partial charge in [-0.05, 0) is 46.3 Å². The molecule has 0 atom stereocenters. The molecule has 0 aliphatic heterocycles. The summed E-state index contributed by atoms with van der Waals surface area (Å²) >= 11 is 15.2. The van der Waals surface area contributed by atoms with Crippen LogP contribution in [0.4, 0.5) is 10.5 Å². The number of amides is 3. The number of rotatable bonds is 4. The van der Waals surface area contributed by atoms with Crippen LogP contribution in [0.5, 0.6) is 11.8 Å². The molecule has 0 fully saturated rings. The smallest absolute Gasteiger partial charge is 0.326 e. The van der Waals surface area contributed by atoms with Gasteiger partial charge in [0.2, 0.25) is 0 Å². The molecule has 0 spiro atoms. The molecule has 142 valence electrons. The largest absolute Gasteiger partial charge is 0.423 e. The zero-order chi connectivity index (χ0) is 20.1. The molecule has 3 amide bonds. The van der Waals surface area contributed by atoms with Crippen LogP contribution in [-0.4, -0.2) is 26.9 Å². The molecule has 0 aliphatic rings. The van der Waals surface area contributed by atoms with E-state index in [1.165, 1.54) is 42.9 Å². The number of aromatic nitrogens is 3. The summed E-state index contributed by atoms with van der Waals surface area (Å²) in [7, 11) is 0. The van der Waals surface area contributed by atoms with Crippen molar-refractivity contribution in [3.05, 3.63) is 69.1 Å². The SMILES string of the molecule is O=C(NC(=O)c1cccnc1Cl)Nc1ccc(Oc2ncc(Br)cn2)c(Cl)c1. The number of nitrogens with one attached hydrogen (secondary N) is 2. The highest BCUT2D eigenvalue weighted by Gasteiger charge is 2.15. The monoisotopic (exact) mass is 481 g/mol. The third-order valence-electron chi connectivity index (χ3n) is 3.22. The Morgan fingerprint density at radius 3 is 2.50 bits per heavy atom. The Balaban J connectivity index is 1.63. The van der Waals surface area contributed by atoms with Crippen molar-refractivity contribution in [2.75, 3.05) is 5.32 Å². The van der Waals surface area contributed by atoms with Gasteiger partial charge in [-0.15, -0.1) is 0 Å². The van der Waals surface area contributed by atoms with Crippen LogP contribution in [0.1, 0.15) is 10.4 Å². The summed E-state index contributed by atoms with van der Waals surface area (Å²) < 4.78 is 6.19. The molecule has 0 saturated carbocycles. The Morgan fingerprint density at radius 1 is 1.07 bits per heavy atom. The van der Waals surface area contributed by atoms with E-state index >= 15 is 0 Å². The number of carbonyl (C=O) groups is 2. The summed E-state index contributed by atoms with van der Waals surface area (Å²) in [5.74, 6) is -0.387. The molecule has 1 aromatic carbocycles. The van der Waals surface area contributed by atoms with E-state index in [4.69, 9.17) is 27.9 Å². The molecule has 2 aromatic heterocycles. The fourth-order valence-corrected chi connectivity index (χ4v) is 2.63. The van der Waals surface area contributed by atoms with Crippen LogP contribution in [0, 0.1) is 0 Å². The Hall–Kier alpha value is -2.75. The number of halogens is 3. The number of benzene rings is 1. The van der Waals surface area contributed by atoms with Crippen molar-refractivity contribution in [2.24, 2.45) is 0 Å². The lowest BCUT2D eigenvalue weighted by Crippen LogP contribution is -2.34. The van der Waals surface area contributed by atoms with Crippen LogP contribution in [0.25, 0.3) is 0 Å². The lowest BCUT2D eigenvalue weighted by atomic mass is 10.2. The Bertz CT molecular complexity index is 1030. The lowest BCUT2D eigenvalue weighted by Gasteiger charge is -2.10. The van der Waals surface area contributed by atoms with Gasteiger partial charge in [-0.25, -0.2) is 19.7 Å². The van der Waals surface area contributed by atoms with Gasteiger partial charge in [0.05, 0.1) is 15.1 Å². The van der Waals surface area contributed by atoms with E-state index < -0.39 is 11.9 Å². The fourth-order valence-electron chi connectivity index (χ4n) is 2.00. The highest BCUT2D eigenvalue weighted by molar-refractivity contribution is 9.10. The number of urea groups is 1. The van der Waals surface area contributed by atoms with Crippen molar-refractivity contribution in [3.63, 3.8) is 0 Å². The zero-order valence-electron chi connectivity index (χ0n) is 13.8. The molecule has 0 bridgehead atoms. The Kier molecular flexibility index (Phi) is 6.40. The van der Waals surface area contributed by atoms with Crippen LogP contribution < -0.4 is 15.4 Å². The second-order valence-electron chi connectivity index (χ2n) is 5.18. The molecule has 0 unspecified atom stereocenters. The maximum absolute atomic E-state index is 12.1. The number of carbonyl (C=O) groups excluding carboxylic acids is 2. The van der Waals surface area contributed by atoms with Gasteiger partial charge in [-0.3, -0.25) is 10.1 Å². The van der Waals surface area contributed by atoms with E-state index in [1.54, 1.807) is 6.07 Å². The number of imide groups is 1. The molecule has 8 nitrogen and oxygen atoms in total. The number of anilines is 1. The molecule has 2 N–H and O–H groups in total. The summed E-state index contributed by atoms with van der Waals surface area (Å²) in [6.07, 6.45) is 4.49. The number of ether oxygens (including phenoxy) is 1. The maximum atomic E-state index is 12.1. The molecule has 11 heteroatoms. The number of pyridine rings is 1. The zero-order valence-corrected chi connectivity index (χ0v) is 16.9. The predicted molar refractivity (Wildman–Crippen MR) is 107 cm³/mol. The van der Waals surface area contributed by atoms with Crippen molar-refractivity contribution in [2.45, 2.75) is 0 Å². The third-order valence-corrected chi connectivity index (χ3v) is 4.22. The fraction of sp³-hybridized carbons (Fsp3) is 0. The van der Waals surface area contributed by atoms with Crippen LogP contribution >= 0.6 is 39.1 Å². The Morgan fingerprint density at radius 2 is 1.82 bits per heavy atom. The van der Waals surface area contributed by atoms with Crippen LogP contribution in [0.2, 0.25) is 10.2 Å². The summed E-state index contributed by atoms with van der Waals surface area (Å²) in [5.41, 5.74) is 0.423. The number of nitrogens with zero attached hydrogens (tertiary/aromatic N) is 3. The van der Waals surface area contributed by atoms with Crippen LogP contribution in [0.3, 0.4) is 0 Å². The number of hydrogen-bond acceptors (Lipinski definition) is 6.